The Morgan fingerprint density at radius 3 is 1.90 bits per heavy atom. The summed E-state index contributed by atoms with van der Waals surface area (Å²) in [7, 11) is 0. The average Bonchev–Trinajstić information content (AvgIpc) is 3.26. The number of carbonyl (C=O) groups excluding carboxylic acids is 3. The number of benzene rings is 3. The van der Waals surface area contributed by atoms with E-state index in [4.69, 9.17) is 32.7 Å². The van der Waals surface area contributed by atoms with Crippen LogP contribution in [0.4, 0.5) is 8.78 Å². The van der Waals surface area contributed by atoms with Crippen LogP contribution in [0, 0.1) is 39.7 Å². The molecule has 6 nitrogen and oxygen atoms in total. The number of carbonyl (C=O) groups is 3. The van der Waals surface area contributed by atoms with Crippen molar-refractivity contribution in [2.45, 2.75) is 114 Å². The number of hydrogen-bond donors (Lipinski definition) is 1. The summed E-state index contributed by atoms with van der Waals surface area (Å²) in [5.74, 6) is -4.10. The second-order valence-corrected chi connectivity index (χ2v) is 19.7. The van der Waals surface area contributed by atoms with Crippen molar-refractivity contribution in [1.82, 2.24) is 0 Å². The first-order valence-corrected chi connectivity index (χ1v) is 22.2. The maximum atomic E-state index is 15.8. The molecule has 336 valence electrons. The van der Waals surface area contributed by atoms with Crippen molar-refractivity contribution in [3.05, 3.63) is 151 Å². The van der Waals surface area contributed by atoms with E-state index in [0.717, 1.165) is 22.3 Å². The standard InChI is InChI=1S/C53H60Cl2F2O6/c1-31(2)17-19-36(34(7)8)26-53-27-37(21-18-32(3)4)51(9,10)30-52(50(53)61,24-23-33(5)6)48(59)46(49(53)60)47(58)35-20-22-44(62-28-38-40(54)13-11-15-42(38)56)45(25-35)63-29-39-41(55)14-12-16-43(39)57/h11-18,20,22-23,25,36-37,60H,7,19,21,24,26-30H2,1-6,8-10H3. The van der Waals surface area contributed by atoms with Crippen LogP contribution >= 0.6 is 23.2 Å². The Balaban J connectivity index is 1.75. The summed E-state index contributed by atoms with van der Waals surface area (Å²) in [4.78, 5) is 46.5. The molecule has 1 N–H and O–H groups in total. The lowest BCUT2D eigenvalue weighted by atomic mass is 9.54. The molecule has 63 heavy (non-hydrogen) atoms. The van der Waals surface area contributed by atoms with Crippen LogP contribution in [0.2, 0.25) is 10.0 Å². The number of allylic oxidation sites excluding steroid dienone is 9. The number of halogens is 4. The normalized spacial score (nSPS) is 20.9. The van der Waals surface area contributed by atoms with E-state index < -0.39 is 50.8 Å². The average molecular weight is 902 g/mol. The molecule has 4 atom stereocenters. The molecule has 1 saturated carbocycles. The highest BCUT2D eigenvalue weighted by Gasteiger charge is 2.66. The molecule has 3 aromatic carbocycles. The van der Waals surface area contributed by atoms with E-state index in [1.54, 1.807) is 0 Å². The predicted octanol–water partition coefficient (Wildman–Crippen LogP) is 14.6. The van der Waals surface area contributed by atoms with Gasteiger partial charge in [0, 0.05) is 16.7 Å². The van der Waals surface area contributed by atoms with Crippen LogP contribution in [0.5, 0.6) is 11.5 Å². The van der Waals surface area contributed by atoms with Crippen molar-refractivity contribution in [1.29, 1.82) is 0 Å². The predicted molar refractivity (Wildman–Crippen MR) is 248 cm³/mol. The summed E-state index contributed by atoms with van der Waals surface area (Å²) in [5, 5.41) is 13.1. The molecule has 3 aromatic rings. The fourth-order valence-electron chi connectivity index (χ4n) is 9.05. The number of fused-ring (bicyclic) bond motifs is 2. The van der Waals surface area contributed by atoms with Crippen LogP contribution in [0.1, 0.15) is 122 Å². The number of aliphatic hydroxyl groups excluding tert-OH is 1. The second kappa shape index (κ2) is 19.9. The zero-order chi connectivity index (χ0) is 46.6. The Kier molecular flexibility index (Phi) is 15.6. The highest BCUT2D eigenvalue weighted by Crippen LogP contribution is 2.62. The van der Waals surface area contributed by atoms with E-state index in [1.807, 2.05) is 54.5 Å². The number of rotatable bonds is 17. The fourth-order valence-corrected chi connectivity index (χ4v) is 9.48. The van der Waals surface area contributed by atoms with Crippen LogP contribution < -0.4 is 9.47 Å². The molecule has 2 aliphatic carbocycles. The molecular formula is C53H60Cl2F2O6. The minimum absolute atomic E-state index is 0.0398. The van der Waals surface area contributed by atoms with Gasteiger partial charge in [-0.2, -0.15) is 0 Å². The highest BCUT2D eigenvalue weighted by molar-refractivity contribution is 6.35. The Bertz CT molecular complexity index is 2370. The molecule has 0 saturated heterocycles. The third-order valence-corrected chi connectivity index (χ3v) is 13.5. The van der Waals surface area contributed by atoms with Crippen molar-refractivity contribution in [3.8, 4) is 11.5 Å². The van der Waals surface area contributed by atoms with E-state index in [-0.39, 0.29) is 94.8 Å². The maximum absolute atomic E-state index is 15.8. The summed E-state index contributed by atoms with van der Waals surface area (Å²) in [5.41, 5.74) is -0.376. The van der Waals surface area contributed by atoms with E-state index in [0.29, 0.717) is 12.8 Å². The van der Waals surface area contributed by atoms with E-state index >= 15 is 14.4 Å². The molecule has 0 heterocycles. The fraction of sp³-hybridized carbons (Fsp3) is 0.415. The van der Waals surface area contributed by atoms with Crippen molar-refractivity contribution in [3.63, 3.8) is 0 Å². The van der Waals surface area contributed by atoms with Gasteiger partial charge in [-0.25, -0.2) is 8.78 Å². The second-order valence-electron chi connectivity index (χ2n) is 18.8. The third kappa shape index (κ3) is 10.6. The van der Waals surface area contributed by atoms with Crippen LogP contribution in [0.25, 0.3) is 0 Å². The smallest absolute Gasteiger partial charge is 0.200 e. The molecule has 0 aromatic heterocycles. The first-order chi connectivity index (χ1) is 29.5. The van der Waals surface area contributed by atoms with Crippen LogP contribution in [0.3, 0.4) is 0 Å². The van der Waals surface area contributed by atoms with Gasteiger partial charge in [0.2, 0.25) is 0 Å². The monoisotopic (exact) mass is 900 g/mol. The molecule has 0 radical (unpaired) electrons. The first kappa shape index (κ1) is 49.2. The molecule has 1 fully saturated rings. The topological polar surface area (TPSA) is 89.9 Å². The number of ketones is 3. The number of hydrogen-bond acceptors (Lipinski definition) is 6. The number of Topliss-reactive ketones (excluding diaryl/α,β-unsaturated/α-hetero) is 3. The van der Waals surface area contributed by atoms with Crippen LogP contribution in [-0.2, 0) is 22.8 Å². The van der Waals surface area contributed by atoms with Gasteiger partial charge < -0.3 is 14.6 Å². The molecule has 2 bridgehead atoms. The van der Waals surface area contributed by atoms with Crippen molar-refractivity contribution >= 4 is 40.6 Å². The summed E-state index contributed by atoms with van der Waals surface area (Å²) >= 11 is 12.7. The van der Waals surface area contributed by atoms with Crippen molar-refractivity contribution < 1.29 is 37.7 Å². The van der Waals surface area contributed by atoms with Crippen LogP contribution in [0.15, 0.2) is 113 Å². The Morgan fingerprint density at radius 2 is 1.38 bits per heavy atom. The van der Waals surface area contributed by atoms with Crippen molar-refractivity contribution in [2.24, 2.45) is 28.1 Å². The lowest BCUT2D eigenvalue weighted by molar-refractivity contribution is -0.149. The SMILES string of the molecule is C=C(C)C(CC=C(C)C)CC12CC(CC=C(C)C)C(C)(C)CC(CC=C(C)C)(C(=O)C(C(=O)c3ccc(OCc4c(F)cccc4Cl)c(OCc4c(F)cccc4Cl)c3)=C1O)C2=O. The van der Waals surface area contributed by atoms with Gasteiger partial charge in [0.15, 0.2) is 28.8 Å². The minimum Gasteiger partial charge on any atom is -0.510 e. The van der Waals surface area contributed by atoms with Gasteiger partial charge in [-0.1, -0.05) is 96.3 Å². The molecular weight excluding hydrogens is 841 g/mol. The van der Waals surface area contributed by atoms with E-state index in [1.165, 1.54) is 54.6 Å². The third-order valence-electron chi connectivity index (χ3n) is 12.8. The largest absolute Gasteiger partial charge is 0.510 e. The Morgan fingerprint density at radius 1 is 0.825 bits per heavy atom. The molecule has 0 aliphatic heterocycles. The van der Waals surface area contributed by atoms with E-state index in [9.17, 15) is 13.9 Å². The summed E-state index contributed by atoms with van der Waals surface area (Å²) in [6.45, 7) is 21.5. The molecule has 0 amide bonds. The van der Waals surface area contributed by atoms with Crippen molar-refractivity contribution in [2.75, 3.05) is 0 Å². The lowest BCUT2D eigenvalue weighted by Crippen LogP contribution is -2.55. The van der Waals surface area contributed by atoms with Gasteiger partial charge >= 0.3 is 0 Å². The number of aliphatic hydroxyl groups is 1. The molecule has 4 unspecified atom stereocenters. The Hall–Kier alpha value is -4.79. The highest BCUT2D eigenvalue weighted by atomic mass is 35.5. The summed E-state index contributed by atoms with van der Waals surface area (Å²) in [6, 6.07) is 12.6. The van der Waals surface area contributed by atoms with Gasteiger partial charge in [0.05, 0.1) is 20.9 Å². The van der Waals surface area contributed by atoms with Gasteiger partial charge in [-0.15, -0.1) is 0 Å². The number of ether oxygens (including phenoxy) is 2. The first-order valence-electron chi connectivity index (χ1n) is 21.4. The molecule has 0 spiro atoms. The molecule has 2 aliphatic rings. The van der Waals surface area contributed by atoms with Gasteiger partial charge in [-0.05, 0) is 147 Å². The van der Waals surface area contributed by atoms with Crippen LogP contribution in [-0.4, -0.2) is 22.5 Å². The summed E-state index contributed by atoms with van der Waals surface area (Å²) in [6.07, 6.45) is 7.80. The molecule has 5 rings (SSSR count). The minimum atomic E-state index is -1.68. The summed E-state index contributed by atoms with van der Waals surface area (Å²) < 4.78 is 42.0. The van der Waals surface area contributed by atoms with Gasteiger partial charge in [-0.3, -0.25) is 14.4 Å². The molecule has 10 heteroatoms. The van der Waals surface area contributed by atoms with Gasteiger partial charge in [0.1, 0.15) is 36.2 Å². The lowest BCUT2D eigenvalue weighted by Gasteiger charge is -2.45. The van der Waals surface area contributed by atoms with E-state index in [2.05, 4.69) is 32.6 Å². The van der Waals surface area contributed by atoms with Gasteiger partial charge in [0.25, 0.3) is 0 Å². The zero-order valence-corrected chi connectivity index (χ0v) is 39.5. The zero-order valence-electron chi connectivity index (χ0n) is 37.9. The quantitative estimate of drug-likeness (QED) is 0.0628. The Labute approximate surface area is 381 Å². The maximum Gasteiger partial charge on any atom is 0.200 e.